The SMILES string of the molecule is CO[C@H]1CCCC[C@@H]1NCCc1cccc(Cl)c1. The number of hydrogen-bond donors (Lipinski definition) is 1. The van der Waals surface area contributed by atoms with Crippen LogP contribution in [-0.2, 0) is 11.2 Å². The summed E-state index contributed by atoms with van der Waals surface area (Å²) < 4.78 is 5.54. The quantitative estimate of drug-likeness (QED) is 0.883. The lowest BCUT2D eigenvalue weighted by Crippen LogP contribution is -2.43. The summed E-state index contributed by atoms with van der Waals surface area (Å²) >= 11 is 5.98. The molecular weight excluding hydrogens is 246 g/mol. The van der Waals surface area contributed by atoms with Gasteiger partial charge < -0.3 is 10.1 Å². The van der Waals surface area contributed by atoms with Crippen LogP contribution in [0.15, 0.2) is 24.3 Å². The summed E-state index contributed by atoms with van der Waals surface area (Å²) in [7, 11) is 1.82. The standard InChI is InChI=1S/C15H22ClNO/c1-18-15-8-3-2-7-14(15)17-10-9-12-5-4-6-13(16)11-12/h4-6,11,14-15,17H,2-3,7-10H2,1H3/t14-,15-/m0/s1. The molecule has 1 aromatic rings. The molecule has 0 unspecified atom stereocenters. The molecule has 1 saturated carbocycles. The fourth-order valence-electron chi connectivity index (χ4n) is 2.71. The van der Waals surface area contributed by atoms with Crippen molar-refractivity contribution in [3.8, 4) is 0 Å². The number of benzene rings is 1. The van der Waals surface area contributed by atoms with Crippen LogP contribution in [0.1, 0.15) is 31.2 Å². The van der Waals surface area contributed by atoms with Gasteiger partial charge in [0.2, 0.25) is 0 Å². The van der Waals surface area contributed by atoms with Crippen LogP contribution in [0.25, 0.3) is 0 Å². The van der Waals surface area contributed by atoms with Crippen molar-refractivity contribution < 1.29 is 4.74 Å². The van der Waals surface area contributed by atoms with E-state index in [1.807, 2.05) is 25.3 Å². The zero-order valence-electron chi connectivity index (χ0n) is 11.0. The average molecular weight is 268 g/mol. The molecule has 1 fully saturated rings. The van der Waals surface area contributed by atoms with Gasteiger partial charge in [0.05, 0.1) is 6.10 Å². The Bertz CT molecular complexity index is 369. The normalized spacial score (nSPS) is 24.1. The molecule has 0 aliphatic heterocycles. The summed E-state index contributed by atoms with van der Waals surface area (Å²) in [5.41, 5.74) is 1.29. The zero-order chi connectivity index (χ0) is 12.8. The lowest BCUT2D eigenvalue weighted by Gasteiger charge is -2.31. The lowest BCUT2D eigenvalue weighted by molar-refractivity contribution is 0.0421. The third-order valence-corrected chi connectivity index (χ3v) is 3.95. The van der Waals surface area contributed by atoms with Crippen molar-refractivity contribution in [1.29, 1.82) is 0 Å². The molecule has 1 N–H and O–H groups in total. The highest BCUT2D eigenvalue weighted by Crippen LogP contribution is 2.20. The molecule has 1 aliphatic carbocycles. The van der Waals surface area contributed by atoms with Gasteiger partial charge in [0, 0.05) is 18.2 Å². The van der Waals surface area contributed by atoms with Crippen molar-refractivity contribution >= 4 is 11.6 Å². The van der Waals surface area contributed by atoms with Crippen molar-refractivity contribution in [2.24, 2.45) is 0 Å². The molecule has 2 nitrogen and oxygen atoms in total. The minimum absolute atomic E-state index is 0.387. The van der Waals surface area contributed by atoms with Crippen molar-refractivity contribution in [2.45, 2.75) is 44.2 Å². The second kappa shape index (κ2) is 7.13. The number of methoxy groups -OCH3 is 1. The third-order valence-electron chi connectivity index (χ3n) is 3.71. The highest BCUT2D eigenvalue weighted by atomic mass is 35.5. The minimum atomic E-state index is 0.387. The van der Waals surface area contributed by atoms with Crippen LogP contribution < -0.4 is 5.32 Å². The molecule has 0 aromatic heterocycles. The summed E-state index contributed by atoms with van der Waals surface area (Å²) in [6.45, 7) is 0.991. The molecule has 0 amide bonds. The van der Waals surface area contributed by atoms with E-state index in [1.54, 1.807) is 0 Å². The van der Waals surface area contributed by atoms with E-state index in [0.717, 1.165) is 18.0 Å². The van der Waals surface area contributed by atoms with Crippen LogP contribution in [0.5, 0.6) is 0 Å². The Kier molecular flexibility index (Phi) is 5.48. The molecule has 0 saturated heterocycles. The Morgan fingerprint density at radius 1 is 1.33 bits per heavy atom. The van der Waals surface area contributed by atoms with Gasteiger partial charge >= 0.3 is 0 Å². The van der Waals surface area contributed by atoms with Crippen molar-refractivity contribution in [1.82, 2.24) is 5.32 Å². The second-order valence-electron chi connectivity index (χ2n) is 5.00. The van der Waals surface area contributed by atoms with Crippen LogP contribution in [0.4, 0.5) is 0 Å². The Balaban J connectivity index is 1.77. The van der Waals surface area contributed by atoms with Crippen LogP contribution in [0, 0.1) is 0 Å². The van der Waals surface area contributed by atoms with Crippen LogP contribution >= 0.6 is 11.6 Å². The van der Waals surface area contributed by atoms with E-state index >= 15 is 0 Å². The second-order valence-corrected chi connectivity index (χ2v) is 5.44. The molecule has 2 atom stereocenters. The Morgan fingerprint density at radius 2 is 2.17 bits per heavy atom. The van der Waals surface area contributed by atoms with Gasteiger partial charge in [0.15, 0.2) is 0 Å². The summed E-state index contributed by atoms with van der Waals surface area (Å²) in [6.07, 6.45) is 6.44. The summed E-state index contributed by atoms with van der Waals surface area (Å²) in [4.78, 5) is 0. The molecule has 0 bridgehead atoms. The summed E-state index contributed by atoms with van der Waals surface area (Å²) in [5, 5.41) is 4.44. The molecule has 0 spiro atoms. The van der Waals surface area contributed by atoms with E-state index < -0.39 is 0 Å². The average Bonchev–Trinajstić information content (AvgIpc) is 2.39. The molecule has 0 radical (unpaired) electrons. The molecular formula is C15H22ClNO. The van der Waals surface area contributed by atoms with E-state index in [-0.39, 0.29) is 0 Å². The van der Waals surface area contributed by atoms with E-state index in [2.05, 4.69) is 11.4 Å². The number of hydrogen-bond acceptors (Lipinski definition) is 2. The summed E-state index contributed by atoms with van der Waals surface area (Å²) in [5.74, 6) is 0. The van der Waals surface area contributed by atoms with E-state index in [0.29, 0.717) is 12.1 Å². The fraction of sp³-hybridized carbons (Fsp3) is 0.600. The van der Waals surface area contributed by atoms with E-state index in [9.17, 15) is 0 Å². The molecule has 18 heavy (non-hydrogen) atoms. The van der Waals surface area contributed by atoms with Gasteiger partial charge in [-0.25, -0.2) is 0 Å². The van der Waals surface area contributed by atoms with Crippen molar-refractivity contribution in [2.75, 3.05) is 13.7 Å². The fourth-order valence-corrected chi connectivity index (χ4v) is 2.92. The maximum atomic E-state index is 5.98. The van der Waals surface area contributed by atoms with Crippen LogP contribution in [-0.4, -0.2) is 25.8 Å². The first kappa shape index (κ1) is 13.9. The number of halogens is 1. The third kappa shape index (κ3) is 3.98. The highest BCUT2D eigenvalue weighted by molar-refractivity contribution is 6.30. The number of rotatable bonds is 5. The predicted octanol–water partition coefficient (Wildman–Crippen LogP) is 3.43. The zero-order valence-corrected chi connectivity index (χ0v) is 11.7. The molecule has 3 heteroatoms. The first-order valence-corrected chi connectivity index (χ1v) is 7.18. The Hall–Kier alpha value is -0.570. The first-order chi connectivity index (χ1) is 8.79. The van der Waals surface area contributed by atoms with Crippen LogP contribution in [0.2, 0.25) is 5.02 Å². The molecule has 2 rings (SSSR count). The van der Waals surface area contributed by atoms with E-state index in [4.69, 9.17) is 16.3 Å². The topological polar surface area (TPSA) is 21.3 Å². The maximum absolute atomic E-state index is 5.98. The largest absolute Gasteiger partial charge is 0.380 e. The van der Waals surface area contributed by atoms with Crippen molar-refractivity contribution in [3.63, 3.8) is 0 Å². The summed E-state index contributed by atoms with van der Waals surface area (Å²) in [6, 6.07) is 8.61. The lowest BCUT2D eigenvalue weighted by atomic mass is 9.92. The highest BCUT2D eigenvalue weighted by Gasteiger charge is 2.23. The van der Waals surface area contributed by atoms with E-state index in [1.165, 1.54) is 31.2 Å². The monoisotopic (exact) mass is 267 g/mol. The van der Waals surface area contributed by atoms with Crippen molar-refractivity contribution in [3.05, 3.63) is 34.9 Å². The van der Waals surface area contributed by atoms with Gasteiger partial charge in [-0.2, -0.15) is 0 Å². The smallest absolute Gasteiger partial charge is 0.0724 e. The number of nitrogens with one attached hydrogen (secondary N) is 1. The van der Waals surface area contributed by atoms with Gasteiger partial charge in [0.1, 0.15) is 0 Å². The van der Waals surface area contributed by atoms with Gasteiger partial charge in [-0.3, -0.25) is 0 Å². The molecule has 1 aromatic carbocycles. The van der Waals surface area contributed by atoms with Gasteiger partial charge in [-0.15, -0.1) is 0 Å². The maximum Gasteiger partial charge on any atom is 0.0724 e. The number of ether oxygens (including phenoxy) is 1. The Labute approximate surface area is 115 Å². The van der Waals surface area contributed by atoms with Crippen LogP contribution in [0.3, 0.4) is 0 Å². The Morgan fingerprint density at radius 3 is 2.94 bits per heavy atom. The molecule has 1 aliphatic rings. The van der Waals surface area contributed by atoms with Gasteiger partial charge in [-0.1, -0.05) is 36.6 Å². The molecule has 100 valence electrons. The predicted molar refractivity (Wildman–Crippen MR) is 76.2 cm³/mol. The van der Waals surface area contributed by atoms with Gasteiger partial charge in [-0.05, 0) is 43.5 Å². The first-order valence-electron chi connectivity index (χ1n) is 6.80. The minimum Gasteiger partial charge on any atom is -0.380 e. The molecule has 0 heterocycles. The van der Waals surface area contributed by atoms with Gasteiger partial charge in [0.25, 0.3) is 0 Å².